The molecule has 2 fully saturated rings. The number of aromatic amines is 1. The van der Waals surface area contributed by atoms with E-state index in [-0.39, 0.29) is 29.2 Å². The molecule has 2 aliphatic heterocycles. The number of carbonyl (C=O) groups is 3. The third kappa shape index (κ3) is 8.82. The Morgan fingerprint density at radius 2 is 1.76 bits per heavy atom. The van der Waals surface area contributed by atoms with Crippen molar-refractivity contribution in [3.05, 3.63) is 84.3 Å². The monoisotopic (exact) mass is 759 g/mol. The number of carbonyl (C=O) groups excluding carboxylic acids is 3. The van der Waals surface area contributed by atoms with E-state index in [4.69, 9.17) is 4.98 Å². The molecule has 284 valence electrons. The summed E-state index contributed by atoms with van der Waals surface area (Å²) in [6.07, 6.45) is 10.8. The van der Waals surface area contributed by atoms with Gasteiger partial charge in [-0.25, -0.2) is 9.29 Å². The minimum absolute atomic E-state index is 0.116. The zero-order valence-electron chi connectivity index (χ0n) is 30.8. The largest absolute Gasteiger partial charge is 0.385 e. The van der Waals surface area contributed by atoms with Crippen molar-refractivity contribution < 1.29 is 14.4 Å². The summed E-state index contributed by atoms with van der Waals surface area (Å²) in [5.41, 5.74) is 5.16. The van der Waals surface area contributed by atoms with Crippen molar-refractivity contribution in [1.82, 2.24) is 39.7 Å². The lowest BCUT2D eigenvalue weighted by molar-refractivity contribution is -0.134. The molecule has 2 aliphatic rings. The number of nitrogens with zero attached hydrogens (tertiary/aromatic N) is 6. The molecule has 3 amide bonds. The van der Waals surface area contributed by atoms with Crippen LogP contribution >= 0.6 is 11.9 Å². The van der Waals surface area contributed by atoms with E-state index in [2.05, 4.69) is 53.6 Å². The van der Waals surface area contributed by atoms with Crippen LogP contribution in [-0.2, 0) is 15.1 Å². The Labute approximate surface area is 324 Å². The summed E-state index contributed by atoms with van der Waals surface area (Å²) in [7, 11) is 0. The lowest BCUT2D eigenvalue weighted by Crippen LogP contribution is -2.60. The lowest BCUT2D eigenvalue weighted by Gasteiger charge is -2.48. The SMILES string of the molecule is CCSN1CC(CC#N)(n2cc(-c3nc(Nc4ccc(C(=O)NCCCCCCNc5ccc(C6CCC(=O)NC6=O)cc5)cc4)nc4[nH]ccc34)cn2)C1. The number of anilines is 3. The van der Waals surface area contributed by atoms with Gasteiger partial charge in [-0.2, -0.15) is 15.3 Å². The highest BCUT2D eigenvalue weighted by Gasteiger charge is 2.45. The molecule has 5 aromatic rings. The van der Waals surface area contributed by atoms with Gasteiger partial charge in [-0.15, -0.1) is 0 Å². The van der Waals surface area contributed by atoms with Crippen LogP contribution in [-0.4, -0.2) is 78.7 Å². The Morgan fingerprint density at radius 1 is 1.00 bits per heavy atom. The van der Waals surface area contributed by atoms with Crippen LogP contribution in [0.4, 0.5) is 17.3 Å². The predicted octanol–water partition coefficient (Wildman–Crippen LogP) is 6.08. The van der Waals surface area contributed by atoms with Crippen LogP contribution in [0.1, 0.15) is 73.7 Å². The number of hydrogen-bond donors (Lipinski definition) is 5. The number of nitriles is 1. The maximum absolute atomic E-state index is 12.8. The number of aromatic nitrogens is 5. The second-order valence-corrected chi connectivity index (χ2v) is 15.4. The molecule has 5 N–H and O–H groups in total. The van der Waals surface area contributed by atoms with E-state index in [1.54, 1.807) is 30.3 Å². The maximum atomic E-state index is 12.8. The molecule has 3 aromatic heterocycles. The highest BCUT2D eigenvalue weighted by molar-refractivity contribution is 7.97. The molecule has 1 atom stereocenters. The number of nitrogens with one attached hydrogen (secondary N) is 5. The van der Waals surface area contributed by atoms with Gasteiger partial charge in [0.15, 0.2) is 0 Å². The number of piperidine rings is 1. The van der Waals surface area contributed by atoms with E-state index in [1.165, 1.54) is 0 Å². The highest BCUT2D eigenvalue weighted by atomic mass is 32.2. The molecule has 2 saturated heterocycles. The zero-order valence-corrected chi connectivity index (χ0v) is 31.6. The molecule has 0 bridgehead atoms. The van der Waals surface area contributed by atoms with Crippen LogP contribution < -0.4 is 21.3 Å². The summed E-state index contributed by atoms with van der Waals surface area (Å²) in [5, 5.41) is 27.3. The first-order valence-corrected chi connectivity index (χ1v) is 19.8. The van der Waals surface area contributed by atoms with Crippen LogP contribution in [0.2, 0.25) is 0 Å². The van der Waals surface area contributed by atoms with Crippen molar-refractivity contribution in [2.45, 2.75) is 63.3 Å². The van der Waals surface area contributed by atoms with E-state index in [0.29, 0.717) is 43.0 Å². The van der Waals surface area contributed by atoms with E-state index in [1.807, 2.05) is 59.5 Å². The Hall–Kier alpha value is -5.72. The number of H-pyrrole nitrogens is 1. The number of amides is 3. The van der Waals surface area contributed by atoms with Gasteiger partial charge in [0.1, 0.15) is 11.2 Å². The Morgan fingerprint density at radius 3 is 2.51 bits per heavy atom. The van der Waals surface area contributed by atoms with E-state index < -0.39 is 0 Å². The summed E-state index contributed by atoms with van der Waals surface area (Å²) < 4.78 is 4.19. The van der Waals surface area contributed by atoms with Gasteiger partial charge < -0.3 is 20.9 Å². The Bertz CT molecular complexity index is 2170. The summed E-state index contributed by atoms with van der Waals surface area (Å²) in [4.78, 5) is 49.1. The van der Waals surface area contributed by atoms with Gasteiger partial charge in [-0.3, -0.25) is 24.4 Å². The zero-order chi connectivity index (χ0) is 38.2. The molecular weight excluding hydrogens is 715 g/mol. The molecule has 5 heterocycles. The number of imide groups is 1. The molecule has 1 unspecified atom stereocenters. The first kappa shape index (κ1) is 37.6. The summed E-state index contributed by atoms with van der Waals surface area (Å²) in [6, 6.07) is 19.4. The molecule has 0 saturated carbocycles. The van der Waals surface area contributed by atoms with Gasteiger partial charge in [0.25, 0.3) is 5.91 Å². The topological polar surface area (TPSA) is 186 Å². The summed E-state index contributed by atoms with van der Waals surface area (Å²) in [5.74, 6) is 0.591. The first-order valence-electron chi connectivity index (χ1n) is 18.8. The summed E-state index contributed by atoms with van der Waals surface area (Å²) in [6.45, 7) is 5.09. The minimum atomic E-state index is -0.355. The normalized spacial score (nSPS) is 16.6. The van der Waals surface area contributed by atoms with Crippen molar-refractivity contribution in [2.24, 2.45) is 0 Å². The molecule has 55 heavy (non-hydrogen) atoms. The highest BCUT2D eigenvalue weighted by Crippen LogP contribution is 2.38. The fourth-order valence-corrected chi connectivity index (χ4v) is 8.14. The quantitative estimate of drug-likeness (QED) is 0.0420. The Kier molecular flexibility index (Phi) is 11.7. The second kappa shape index (κ2) is 17.2. The van der Waals surface area contributed by atoms with Crippen molar-refractivity contribution in [3.63, 3.8) is 0 Å². The molecule has 0 radical (unpaired) electrons. The fraction of sp³-hybridized carbons (Fsp3) is 0.375. The molecule has 2 aromatic carbocycles. The molecule has 15 heteroatoms. The van der Waals surface area contributed by atoms with Gasteiger partial charge >= 0.3 is 0 Å². The molecule has 14 nitrogen and oxygen atoms in total. The summed E-state index contributed by atoms with van der Waals surface area (Å²) >= 11 is 1.78. The molecule has 0 spiro atoms. The van der Waals surface area contributed by atoms with Gasteiger partial charge in [0, 0.05) is 78.6 Å². The van der Waals surface area contributed by atoms with Crippen LogP contribution in [0.15, 0.2) is 73.2 Å². The van der Waals surface area contributed by atoms with E-state index in [9.17, 15) is 19.6 Å². The number of benzene rings is 2. The predicted molar refractivity (Wildman–Crippen MR) is 214 cm³/mol. The van der Waals surface area contributed by atoms with Gasteiger partial charge in [0.05, 0.1) is 30.3 Å². The first-order chi connectivity index (χ1) is 26.8. The molecule has 0 aliphatic carbocycles. The van der Waals surface area contributed by atoms with Crippen molar-refractivity contribution in [3.8, 4) is 17.3 Å². The standard InChI is InChI=1S/C40H45N11O3S/c1-2-55-50-25-40(26-50,18-19-41)51-24-29(23-45-51)35-33-17-22-43-36(33)49-39(48-35)46-31-13-9-28(10-14-31)37(53)44-21-6-4-3-5-20-42-30-11-7-27(8-12-30)32-15-16-34(52)47-38(32)54/h7-14,17,22-24,32,42H,2-6,15-16,18,20-21,25-26H2,1H3,(H,44,53)(H,47,52,54)(H2,43,46,48,49). The van der Waals surface area contributed by atoms with Crippen LogP contribution in [0, 0.1) is 11.3 Å². The van der Waals surface area contributed by atoms with Crippen LogP contribution in [0.3, 0.4) is 0 Å². The average Bonchev–Trinajstić information content (AvgIpc) is 3.86. The van der Waals surface area contributed by atoms with Crippen molar-refractivity contribution in [2.75, 3.05) is 42.6 Å². The molecule has 7 rings (SSSR count). The maximum Gasteiger partial charge on any atom is 0.251 e. The van der Waals surface area contributed by atoms with Gasteiger partial charge in [-0.1, -0.05) is 43.8 Å². The van der Waals surface area contributed by atoms with Crippen molar-refractivity contribution >= 4 is 58.0 Å². The number of rotatable bonds is 17. The van der Waals surface area contributed by atoms with E-state index >= 15 is 0 Å². The smallest absolute Gasteiger partial charge is 0.251 e. The fourth-order valence-electron chi connectivity index (χ4n) is 7.11. The minimum Gasteiger partial charge on any atom is -0.385 e. The lowest BCUT2D eigenvalue weighted by atomic mass is 9.89. The van der Waals surface area contributed by atoms with Gasteiger partial charge in [0.2, 0.25) is 17.8 Å². The molecular formula is C40H45N11O3S. The van der Waals surface area contributed by atoms with E-state index in [0.717, 1.165) is 84.7 Å². The number of hydrogen-bond acceptors (Lipinski definition) is 11. The Balaban J connectivity index is 0.850. The van der Waals surface area contributed by atoms with Gasteiger partial charge in [-0.05, 0) is 67.3 Å². The van der Waals surface area contributed by atoms with Crippen LogP contribution in [0.5, 0.6) is 0 Å². The number of fused-ring (bicyclic) bond motifs is 1. The average molecular weight is 760 g/mol. The van der Waals surface area contributed by atoms with Crippen molar-refractivity contribution in [1.29, 1.82) is 5.26 Å². The number of unbranched alkanes of at least 4 members (excludes halogenated alkanes) is 3. The van der Waals surface area contributed by atoms with Crippen LogP contribution in [0.25, 0.3) is 22.3 Å². The second-order valence-electron chi connectivity index (χ2n) is 14.0. The third-order valence-corrected chi connectivity index (χ3v) is 11.0. The third-order valence-electron chi connectivity index (χ3n) is 10.1.